The average Bonchev–Trinajstić information content (AvgIpc) is 2.85. The quantitative estimate of drug-likeness (QED) is 0.872. The molecular formula is C18H21F2N3O2. The third-order valence-corrected chi connectivity index (χ3v) is 4.92. The van der Waals surface area contributed by atoms with Crippen LogP contribution >= 0.6 is 0 Å². The number of para-hydroxylation sites is 1. The first-order valence-corrected chi connectivity index (χ1v) is 8.25. The Labute approximate surface area is 144 Å². The molecule has 0 aliphatic heterocycles. The van der Waals surface area contributed by atoms with E-state index in [1.165, 1.54) is 0 Å². The van der Waals surface area contributed by atoms with Crippen LogP contribution in [0.15, 0.2) is 30.3 Å². The van der Waals surface area contributed by atoms with Gasteiger partial charge in [-0.1, -0.05) is 18.2 Å². The monoisotopic (exact) mass is 349 g/mol. The van der Waals surface area contributed by atoms with Gasteiger partial charge in [0.25, 0.3) is 5.91 Å². The van der Waals surface area contributed by atoms with Gasteiger partial charge in [-0.3, -0.25) is 4.79 Å². The van der Waals surface area contributed by atoms with E-state index in [1.54, 1.807) is 11.6 Å². The molecule has 2 aromatic rings. The molecule has 0 unspecified atom stereocenters. The summed E-state index contributed by atoms with van der Waals surface area (Å²) >= 11 is 0. The summed E-state index contributed by atoms with van der Waals surface area (Å²) in [7, 11) is 0. The van der Waals surface area contributed by atoms with Gasteiger partial charge in [0.05, 0.1) is 11.4 Å². The smallest absolute Gasteiger partial charge is 0.352 e. The molecule has 7 heteroatoms. The van der Waals surface area contributed by atoms with Crippen LogP contribution in [-0.2, 0) is 11.3 Å². The van der Waals surface area contributed by atoms with Gasteiger partial charge >= 0.3 is 5.92 Å². The highest BCUT2D eigenvalue weighted by molar-refractivity contribution is 5.85. The van der Waals surface area contributed by atoms with Crippen molar-refractivity contribution in [1.82, 2.24) is 15.1 Å². The normalized spacial score (nSPS) is 16.4. The second kappa shape index (κ2) is 6.22. The van der Waals surface area contributed by atoms with Crippen molar-refractivity contribution in [1.29, 1.82) is 0 Å². The van der Waals surface area contributed by atoms with Crippen molar-refractivity contribution in [3.8, 4) is 5.69 Å². The number of alkyl halides is 2. The Morgan fingerprint density at radius 1 is 1.32 bits per heavy atom. The number of rotatable bonds is 5. The predicted octanol–water partition coefficient (Wildman–Crippen LogP) is 2.66. The number of halogens is 2. The number of nitrogens with one attached hydrogen (secondary N) is 1. The third kappa shape index (κ3) is 2.93. The maximum atomic E-state index is 14.1. The SMILES string of the molecule is Cc1nn(-c2ccccc2)c(C)c1CNC(=O)C(F)(F)C1(O)CCC1. The van der Waals surface area contributed by atoms with Crippen LogP contribution < -0.4 is 5.32 Å². The molecule has 1 aromatic heterocycles. The molecule has 2 N–H and O–H groups in total. The Balaban J connectivity index is 1.76. The third-order valence-electron chi connectivity index (χ3n) is 4.92. The molecule has 1 heterocycles. The fraction of sp³-hybridized carbons (Fsp3) is 0.444. The largest absolute Gasteiger partial charge is 0.383 e. The van der Waals surface area contributed by atoms with Gasteiger partial charge in [0.15, 0.2) is 0 Å². The van der Waals surface area contributed by atoms with Crippen molar-refractivity contribution in [2.75, 3.05) is 0 Å². The number of aryl methyl sites for hydroxylation is 1. The molecule has 0 saturated heterocycles. The van der Waals surface area contributed by atoms with Crippen LogP contribution in [-0.4, -0.2) is 32.3 Å². The Morgan fingerprint density at radius 2 is 1.96 bits per heavy atom. The lowest BCUT2D eigenvalue weighted by Gasteiger charge is -2.41. The molecule has 0 atom stereocenters. The van der Waals surface area contributed by atoms with Crippen LogP contribution in [0.25, 0.3) is 5.69 Å². The van der Waals surface area contributed by atoms with E-state index in [4.69, 9.17) is 0 Å². The minimum absolute atomic E-state index is 0.0581. The van der Waals surface area contributed by atoms with E-state index < -0.39 is 17.4 Å². The van der Waals surface area contributed by atoms with Crippen LogP contribution in [0, 0.1) is 13.8 Å². The van der Waals surface area contributed by atoms with Crippen LogP contribution in [0.1, 0.15) is 36.2 Å². The van der Waals surface area contributed by atoms with E-state index in [0.29, 0.717) is 17.7 Å². The fourth-order valence-corrected chi connectivity index (χ4v) is 3.07. The lowest BCUT2D eigenvalue weighted by Crippen LogP contribution is -2.60. The number of amides is 1. The standard InChI is InChI=1S/C18H21F2N3O2/c1-12-15(13(2)23(22-12)14-7-4-3-5-8-14)11-21-16(24)18(19,20)17(25)9-6-10-17/h3-5,7-8,25H,6,9-11H2,1-2H3,(H,21,24). The number of aliphatic hydroxyl groups is 1. The fourth-order valence-electron chi connectivity index (χ4n) is 3.07. The molecule has 1 fully saturated rings. The van der Waals surface area contributed by atoms with Crippen molar-refractivity contribution in [2.45, 2.75) is 51.2 Å². The molecule has 1 aliphatic rings. The summed E-state index contributed by atoms with van der Waals surface area (Å²) in [6.45, 7) is 3.53. The topological polar surface area (TPSA) is 67.2 Å². The molecule has 0 radical (unpaired) electrons. The number of aromatic nitrogens is 2. The lowest BCUT2D eigenvalue weighted by molar-refractivity contribution is -0.216. The van der Waals surface area contributed by atoms with Crippen molar-refractivity contribution >= 4 is 5.91 Å². The van der Waals surface area contributed by atoms with E-state index in [9.17, 15) is 18.7 Å². The van der Waals surface area contributed by atoms with Gasteiger partial charge < -0.3 is 10.4 Å². The molecule has 0 spiro atoms. The van der Waals surface area contributed by atoms with Gasteiger partial charge in [0, 0.05) is 17.8 Å². The first kappa shape index (κ1) is 17.5. The molecule has 0 bridgehead atoms. The van der Waals surface area contributed by atoms with E-state index in [-0.39, 0.29) is 19.4 Å². The summed E-state index contributed by atoms with van der Waals surface area (Å²) in [5.74, 6) is -5.23. The van der Waals surface area contributed by atoms with Crippen molar-refractivity contribution in [3.05, 3.63) is 47.3 Å². The van der Waals surface area contributed by atoms with Gasteiger partial charge in [0.1, 0.15) is 5.60 Å². The maximum absolute atomic E-state index is 14.1. The van der Waals surface area contributed by atoms with Crippen LogP contribution in [0.4, 0.5) is 8.78 Å². The zero-order valence-electron chi connectivity index (χ0n) is 14.2. The Kier molecular flexibility index (Phi) is 4.36. The van der Waals surface area contributed by atoms with E-state index in [2.05, 4.69) is 10.4 Å². The minimum atomic E-state index is -3.79. The zero-order chi connectivity index (χ0) is 18.2. The molecule has 134 valence electrons. The molecule has 1 aliphatic carbocycles. The second-order valence-electron chi connectivity index (χ2n) is 6.54. The number of benzene rings is 1. The van der Waals surface area contributed by atoms with Crippen LogP contribution in [0.2, 0.25) is 0 Å². The summed E-state index contributed by atoms with van der Waals surface area (Å²) < 4.78 is 30.0. The van der Waals surface area contributed by atoms with Crippen LogP contribution in [0.5, 0.6) is 0 Å². The highest BCUT2D eigenvalue weighted by Crippen LogP contribution is 2.44. The summed E-state index contributed by atoms with van der Waals surface area (Å²) in [4.78, 5) is 11.9. The summed E-state index contributed by atoms with van der Waals surface area (Å²) in [5.41, 5.74) is 0.764. The molecule has 25 heavy (non-hydrogen) atoms. The van der Waals surface area contributed by atoms with Crippen molar-refractivity contribution in [3.63, 3.8) is 0 Å². The average molecular weight is 349 g/mol. The number of nitrogens with zero attached hydrogens (tertiary/aromatic N) is 2. The second-order valence-corrected chi connectivity index (χ2v) is 6.54. The van der Waals surface area contributed by atoms with Crippen molar-refractivity contribution < 1.29 is 18.7 Å². The van der Waals surface area contributed by atoms with E-state index in [0.717, 1.165) is 11.4 Å². The Morgan fingerprint density at radius 3 is 2.52 bits per heavy atom. The van der Waals surface area contributed by atoms with E-state index >= 15 is 0 Å². The van der Waals surface area contributed by atoms with Crippen LogP contribution in [0.3, 0.4) is 0 Å². The number of carbonyl (C=O) groups excluding carboxylic acids is 1. The highest BCUT2D eigenvalue weighted by Gasteiger charge is 2.61. The molecule has 3 rings (SSSR count). The van der Waals surface area contributed by atoms with Gasteiger partial charge in [-0.2, -0.15) is 13.9 Å². The Hall–Kier alpha value is -2.28. The minimum Gasteiger partial charge on any atom is -0.383 e. The first-order valence-electron chi connectivity index (χ1n) is 8.25. The number of carbonyl (C=O) groups is 1. The summed E-state index contributed by atoms with van der Waals surface area (Å²) in [6, 6.07) is 9.44. The van der Waals surface area contributed by atoms with Gasteiger partial charge in [-0.05, 0) is 45.2 Å². The summed E-state index contributed by atoms with van der Waals surface area (Å²) in [6.07, 6.45) is 0.385. The van der Waals surface area contributed by atoms with Crippen molar-refractivity contribution in [2.24, 2.45) is 0 Å². The molecule has 1 aromatic carbocycles. The lowest BCUT2D eigenvalue weighted by atomic mass is 9.75. The maximum Gasteiger partial charge on any atom is 0.352 e. The summed E-state index contributed by atoms with van der Waals surface area (Å²) in [5, 5.41) is 16.5. The highest BCUT2D eigenvalue weighted by atomic mass is 19.3. The zero-order valence-corrected chi connectivity index (χ0v) is 14.2. The number of hydrogen-bond acceptors (Lipinski definition) is 3. The molecule has 1 saturated carbocycles. The first-order chi connectivity index (χ1) is 11.8. The molecular weight excluding hydrogens is 328 g/mol. The Bertz CT molecular complexity index is 783. The predicted molar refractivity (Wildman–Crippen MR) is 88.6 cm³/mol. The molecule has 5 nitrogen and oxygen atoms in total. The van der Waals surface area contributed by atoms with E-state index in [1.807, 2.05) is 37.3 Å². The van der Waals surface area contributed by atoms with Gasteiger partial charge in [0.2, 0.25) is 0 Å². The van der Waals surface area contributed by atoms with Gasteiger partial charge in [-0.15, -0.1) is 0 Å². The van der Waals surface area contributed by atoms with Gasteiger partial charge in [-0.25, -0.2) is 4.68 Å². The number of hydrogen-bond donors (Lipinski definition) is 2. The molecule has 1 amide bonds.